The van der Waals surface area contributed by atoms with Crippen molar-refractivity contribution in [1.29, 1.82) is 0 Å². The fourth-order valence-corrected chi connectivity index (χ4v) is 4.33. The number of nitrogens with zero attached hydrogens (tertiary/aromatic N) is 5. The van der Waals surface area contributed by atoms with Gasteiger partial charge in [-0.15, -0.1) is 5.10 Å². The molecule has 0 atom stereocenters. The Morgan fingerprint density at radius 2 is 1.82 bits per heavy atom. The van der Waals surface area contributed by atoms with Crippen LogP contribution in [0.1, 0.15) is 29.4 Å². The number of piperazine rings is 1. The zero-order valence-electron chi connectivity index (χ0n) is 15.7. The number of primary amides is 1. The van der Waals surface area contributed by atoms with E-state index >= 15 is 0 Å². The summed E-state index contributed by atoms with van der Waals surface area (Å²) in [6.45, 7) is 5.33. The molecule has 0 spiro atoms. The van der Waals surface area contributed by atoms with Gasteiger partial charge < -0.3 is 15.5 Å². The molecule has 0 aliphatic carbocycles. The normalized spacial score (nSPS) is 14.6. The number of benzene rings is 1. The maximum Gasteiger partial charge on any atom is 0.275 e. The Morgan fingerprint density at radius 1 is 1.14 bits per heavy atom. The lowest BCUT2D eigenvalue weighted by atomic mass is 10.1. The number of hydrogen-bond acceptors (Lipinski definition) is 7. The SMILES string of the molecule is CCCc1cc(=O)n2nc(N3CCN(c4ccc(C(N)=O)cc4)CC3)sc2n1. The number of rotatable bonds is 5. The van der Waals surface area contributed by atoms with Gasteiger partial charge in [-0.05, 0) is 30.7 Å². The molecule has 1 aliphatic heterocycles. The second-order valence-corrected chi connectivity index (χ2v) is 7.73. The van der Waals surface area contributed by atoms with Gasteiger partial charge in [0.1, 0.15) is 0 Å². The van der Waals surface area contributed by atoms with Crippen LogP contribution in [0.5, 0.6) is 0 Å². The molecule has 2 aromatic heterocycles. The third-order valence-electron chi connectivity index (χ3n) is 4.86. The molecule has 28 heavy (non-hydrogen) atoms. The molecule has 1 saturated heterocycles. The predicted molar refractivity (Wildman–Crippen MR) is 111 cm³/mol. The van der Waals surface area contributed by atoms with E-state index in [1.54, 1.807) is 18.2 Å². The highest BCUT2D eigenvalue weighted by molar-refractivity contribution is 7.20. The van der Waals surface area contributed by atoms with Crippen LogP contribution in [0.4, 0.5) is 10.8 Å². The zero-order chi connectivity index (χ0) is 19.7. The molecule has 3 heterocycles. The van der Waals surface area contributed by atoms with E-state index in [0.717, 1.165) is 55.5 Å². The van der Waals surface area contributed by atoms with Crippen LogP contribution in [0.3, 0.4) is 0 Å². The van der Waals surface area contributed by atoms with Crippen LogP contribution >= 0.6 is 11.3 Å². The van der Waals surface area contributed by atoms with Gasteiger partial charge in [-0.3, -0.25) is 9.59 Å². The summed E-state index contributed by atoms with van der Waals surface area (Å²) in [6.07, 6.45) is 1.75. The van der Waals surface area contributed by atoms with Gasteiger partial charge in [-0.1, -0.05) is 24.7 Å². The number of nitrogens with two attached hydrogens (primary N) is 1. The Hall–Kier alpha value is -2.94. The lowest BCUT2D eigenvalue weighted by Crippen LogP contribution is -2.46. The zero-order valence-corrected chi connectivity index (χ0v) is 16.5. The lowest BCUT2D eigenvalue weighted by Gasteiger charge is -2.35. The van der Waals surface area contributed by atoms with Crippen LogP contribution in [0.15, 0.2) is 35.1 Å². The number of amides is 1. The summed E-state index contributed by atoms with van der Waals surface area (Å²) in [5.74, 6) is -0.418. The van der Waals surface area contributed by atoms with Gasteiger partial charge in [0.25, 0.3) is 5.56 Å². The van der Waals surface area contributed by atoms with E-state index in [0.29, 0.717) is 10.5 Å². The molecule has 9 heteroatoms. The molecule has 3 aromatic rings. The van der Waals surface area contributed by atoms with Crippen molar-refractivity contribution in [2.24, 2.45) is 5.73 Å². The van der Waals surface area contributed by atoms with E-state index in [9.17, 15) is 9.59 Å². The Morgan fingerprint density at radius 3 is 2.46 bits per heavy atom. The molecule has 0 bridgehead atoms. The van der Waals surface area contributed by atoms with Crippen LogP contribution in [0.2, 0.25) is 0 Å². The number of hydrogen-bond donors (Lipinski definition) is 1. The first-order valence-corrected chi connectivity index (χ1v) is 10.2. The van der Waals surface area contributed by atoms with Crippen LogP contribution in [0.25, 0.3) is 4.96 Å². The highest BCUT2D eigenvalue weighted by Gasteiger charge is 2.21. The van der Waals surface area contributed by atoms with Crippen molar-refractivity contribution in [3.8, 4) is 0 Å². The van der Waals surface area contributed by atoms with Crippen LogP contribution in [-0.2, 0) is 6.42 Å². The lowest BCUT2D eigenvalue weighted by molar-refractivity contribution is 0.100. The Labute approximate surface area is 166 Å². The second kappa shape index (κ2) is 7.59. The Bertz CT molecular complexity index is 1050. The number of aromatic nitrogens is 3. The molecule has 8 nitrogen and oxygen atoms in total. The summed E-state index contributed by atoms with van der Waals surface area (Å²) in [6, 6.07) is 8.93. The minimum absolute atomic E-state index is 0.121. The third-order valence-corrected chi connectivity index (χ3v) is 5.83. The monoisotopic (exact) mass is 398 g/mol. The summed E-state index contributed by atoms with van der Waals surface area (Å²) >= 11 is 1.46. The fraction of sp³-hybridized carbons (Fsp3) is 0.368. The van der Waals surface area contributed by atoms with Crippen molar-refractivity contribution in [2.45, 2.75) is 19.8 Å². The fourth-order valence-electron chi connectivity index (χ4n) is 3.35. The van der Waals surface area contributed by atoms with Gasteiger partial charge in [0.05, 0.1) is 0 Å². The van der Waals surface area contributed by atoms with Crippen molar-refractivity contribution in [3.05, 3.63) is 51.9 Å². The van der Waals surface area contributed by atoms with Crippen LogP contribution in [-0.4, -0.2) is 46.7 Å². The van der Waals surface area contributed by atoms with E-state index in [1.807, 2.05) is 12.1 Å². The minimum Gasteiger partial charge on any atom is -0.368 e. The quantitative estimate of drug-likeness (QED) is 0.700. The molecule has 146 valence electrons. The van der Waals surface area contributed by atoms with Crippen LogP contribution in [0, 0.1) is 0 Å². The maximum atomic E-state index is 12.3. The van der Waals surface area contributed by atoms with Gasteiger partial charge in [0, 0.05) is 49.2 Å². The maximum absolute atomic E-state index is 12.3. The molecular weight excluding hydrogens is 376 g/mol. The molecular formula is C19H22N6O2S. The Kier molecular flexibility index (Phi) is 4.99. The summed E-state index contributed by atoms with van der Waals surface area (Å²) in [5, 5.41) is 5.30. The predicted octanol–water partition coefficient (Wildman–Crippen LogP) is 1.53. The average molecular weight is 398 g/mol. The first kappa shape index (κ1) is 18.4. The molecule has 0 saturated carbocycles. The first-order valence-electron chi connectivity index (χ1n) is 9.34. The van der Waals surface area contributed by atoms with Crippen molar-refractivity contribution >= 4 is 33.0 Å². The van der Waals surface area contributed by atoms with Gasteiger partial charge in [0.2, 0.25) is 16.0 Å². The molecule has 2 N–H and O–H groups in total. The van der Waals surface area contributed by atoms with Gasteiger partial charge in [0.15, 0.2) is 0 Å². The third kappa shape index (κ3) is 3.57. The molecule has 0 radical (unpaired) electrons. The smallest absolute Gasteiger partial charge is 0.275 e. The highest BCUT2D eigenvalue weighted by Crippen LogP contribution is 2.24. The molecule has 4 rings (SSSR count). The van der Waals surface area contributed by atoms with Crippen molar-refractivity contribution < 1.29 is 4.79 Å². The van der Waals surface area contributed by atoms with E-state index in [1.165, 1.54) is 15.9 Å². The molecule has 1 fully saturated rings. The van der Waals surface area contributed by atoms with Crippen molar-refractivity contribution in [3.63, 3.8) is 0 Å². The summed E-state index contributed by atoms with van der Waals surface area (Å²) in [7, 11) is 0. The molecule has 0 unspecified atom stereocenters. The standard InChI is InChI=1S/C19H22N6O2S/c1-2-3-14-12-16(26)25-18(21-14)28-19(22-25)24-10-8-23(9-11-24)15-6-4-13(5-7-15)17(20)27/h4-7,12H,2-3,8-11H2,1H3,(H2,20,27). The number of aryl methyl sites for hydroxylation is 1. The number of carbonyl (C=O) groups excluding carboxylic acids is 1. The van der Waals surface area contributed by atoms with Gasteiger partial charge in [-0.25, -0.2) is 4.98 Å². The van der Waals surface area contributed by atoms with Crippen LogP contribution < -0.4 is 21.1 Å². The minimum atomic E-state index is -0.418. The summed E-state index contributed by atoms with van der Waals surface area (Å²) < 4.78 is 1.40. The van der Waals surface area contributed by atoms with E-state index in [2.05, 4.69) is 26.8 Å². The van der Waals surface area contributed by atoms with E-state index in [4.69, 9.17) is 5.73 Å². The number of fused-ring (bicyclic) bond motifs is 1. The van der Waals surface area contributed by atoms with E-state index < -0.39 is 5.91 Å². The van der Waals surface area contributed by atoms with E-state index in [-0.39, 0.29) is 5.56 Å². The molecule has 1 aromatic carbocycles. The number of carbonyl (C=O) groups is 1. The van der Waals surface area contributed by atoms with Crippen molar-refractivity contribution in [2.75, 3.05) is 36.0 Å². The number of anilines is 2. The van der Waals surface area contributed by atoms with Gasteiger partial charge in [-0.2, -0.15) is 4.52 Å². The van der Waals surface area contributed by atoms with Crippen molar-refractivity contribution in [1.82, 2.24) is 14.6 Å². The second-order valence-electron chi connectivity index (χ2n) is 6.80. The average Bonchev–Trinajstić information content (AvgIpc) is 3.13. The highest BCUT2D eigenvalue weighted by atomic mass is 32.1. The summed E-state index contributed by atoms with van der Waals surface area (Å²) in [5.41, 5.74) is 7.58. The topological polar surface area (TPSA) is 96.8 Å². The largest absolute Gasteiger partial charge is 0.368 e. The summed E-state index contributed by atoms with van der Waals surface area (Å²) in [4.78, 5) is 33.2. The first-order chi connectivity index (χ1) is 13.5. The van der Waals surface area contributed by atoms with Gasteiger partial charge >= 0.3 is 0 Å². The Balaban J connectivity index is 1.48. The molecule has 1 amide bonds. The molecule has 1 aliphatic rings.